The Morgan fingerprint density at radius 3 is 2.91 bits per heavy atom. The fourth-order valence-corrected chi connectivity index (χ4v) is 2.63. The van der Waals surface area contributed by atoms with Gasteiger partial charge in [-0.3, -0.25) is 9.79 Å². The molecule has 2 rings (SSSR count). The van der Waals surface area contributed by atoms with Crippen molar-refractivity contribution in [3.8, 4) is 0 Å². The summed E-state index contributed by atoms with van der Waals surface area (Å²) < 4.78 is 13.3. The first kappa shape index (κ1) is 16.1. The van der Waals surface area contributed by atoms with Crippen LogP contribution >= 0.6 is 0 Å². The van der Waals surface area contributed by atoms with E-state index in [2.05, 4.69) is 11.7 Å². The number of hydrogen-bond donors (Lipinski definition) is 0. The smallest absolute Gasteiger partial charge is 0.223 e. The first-order valence-corrected chi connectivity index (χ1v) is 7.33. The number of halogens is 1. The minimum absolute atomic E-state index is 0.0584. The van der Waals surface area contributed by atoms with Gasteiger partial charge in [0.2, 0.25) is 5.91 Å². The molecule has 4 heteroatoms. The quantitative estimate of drug-likeness (QED) is 0.603. The Kier molecular flexibility index (Phi) is 5.26. The van der Waals surface area contributed by atoms with Gasteiger partial charge in [0.05, 0.1) is 0 Å². The van der Waals surface area contributed by atoms with E-state index in [4.69, 9.17) is 0 Å². The third-order valence-corrected chi connectivity index (χ3v) is 3.92. The molecule has 1 aromatic carbocycles. The van der Waals surface area contributed by atoms with E-state index < -0.39 is 0 Å². The van der Waals surface area contributed by atoms with Gasteiger partial charge in [-0.15, -0.1) is 0 Å². The maximum Gasteiger partial charge on any atom is 0.223 e. The number of benzene rings is 1. The monoisotopic (exact) mass is 300 g/mol. The summed E-state index contributed by atoms with van der Waals surface area (Å²) in [7, 11) is 0. The van der Waals surface area contributed by atoms with Crippen molar-refractivity contribution in [2.45, 2.75) is 26.2 Å². The van der Waals surface area contributed by atoms with Crippen molar-refractivity contribution in [3.05, 3.63) is 59.1 Å². The zero-order chi connectivity index (χ0) is 16.1. The molecule has 0 spiro atoms. The highest BCUT2D eigenvalue weighted by Crippen LogP contribution is 2.29. The average Bonchev–Trinajstić information content (AvgIpc) is 2.84. The van der Waals surface area contributed by atoms with Gasteiger partial charge in [0, 0.05) is 31.6 Å². The van der Waals surface area contributed by atoms with Crippen molar-refractivity contribution in [1.29, 1.82) is 0 Å². The zero-order valence-corrected chi connectivity index (χ0v) is 13.1. The Balaban J connectivity index is 2.11. The van der Waals surface area contributed by atoms with Crippen molar-refractivity contribution in [1.82, 2.24) is 4.90 Å². The zero-order valence-electron chi connectivity index (χ0n) is 13.1. The summed E-state index contributed by atoms with van der Waals surface area (Å²) in [5, 5.41) is 0. The van der Waals surface area contributed by atoms with Gasteiger partial charge < -0.3 is 4.90 Å². The van der Waals surface area contributed by atoms with Gasteiger partial charge in [-0.1, -0.05) is 17.7 Å². The maximum atomic E-state index is 13.3. The van der Waals surface area contributed by atoms with Crippen LogP contribution in [0.4, 0.5) is 4.39 Å². The first-order valence-electron chi connectivity index (χ1n) is 7.33. The number of allylic oxidation sites excluding steroid dienone is 1. The lowest BCUT2D eigenvalue weighted by atomic mass is 9.98. The Morgan fingerprint density at radius 2 is 2.27 bits per heavy atom. The van der Waals surface area contributed by atoms with E-state index in [0.29, 0.717) is 19.5 Å². The Morgan fingerprint density at radius 1 is 1.50 bits per heavy atom. The van der Waals surface area contributed by atoms with E-state index in [1.165, 1.54) is 12.1 Å². The summed E-state index contributed by atoms with van der Waals surface area (Å²) in [6.07, 6.45) is 3.95. The summed E-state index contributed by atoms with van der Waals surface area (Å²) in [4.78, 5) is 17.8. The SMILES string of the molecule is C=N/C=C\C(CN1CC(c2cccc(F)c2)CC1=O)=C(C)C. The minimum atomic E-state index is -0.256. The van der Waals surface area contributed by atoms with Crippen LogP contribution in [-0.4, -0.2) is 30.6 Å². The minimum Gasteiger partial charge on any atom is -0.338 e. The van der Waals surface area contributed by atoms with Crippen molar-refractivity contribution in [3.63, 3.8) is 0 Å². The molecule has 1 saturated heterocycles. The van der Waals surface area contributed by atoms with E-state index in [1.807, 2.05) is 30.9 Å². The van der Waals surface area contributed by atoms with Crippen molar-refractivity contribution in [2.24, 2.45) is 4.99 Å². The van der Waals surface area contributed by atoms with Crippen LogP contribution in [-0.2, 0) is 4.79 Å². The summed E-state index contributed by atoms with van der Waals surface area (Å²) in [5.41, 5.74) is 3.08. The van der Waals surface area contributed by atoms with Crippen LogP contribution in [0.3, 0.4) is 0 Å². The fourth-order valence-electron chi connectivity index (χ4n) is 2.63. The van der Waals surface area contributed by atoms with Crippen LogP contribution < -0.4 is 0 Å². The molecule has 1 unspecified atom stereocenters. The number of likely N-dealkylation sites (tertiary alicyclic amines) is 1. The number of hydrogen-bond acceptors (Lipinski definition) is 2. The highest BCUT2D eigenvalue weighted by Gasteiger charge is 2.30. The molecule has 3 nitrogen and oxygen atoms in total. The van der Waals surface area contributed by atoms with Gasteiger partial charge in [0.15, 0.2) is 0 Å². The molecule has 0 N–H and O–H groups in total. The van der Waals surface area contributed by atoms with Crippen molar-refractivity contribution in [2.75, 3.05) is 13.1 Å². The Bertz CT molecular complexity index is 630. The van der Waals surface area contributed by atoms with Gasteiger partial charge in [0.25, 0.3) is 0 Å². The molecule has 116 valence electrons. The van der Waals surface area contributed by atoms with Crippen molar-refractivity contribution < 1.29 is 9.18 Å². The number of rotatable bonds is 5. The second-order valence-electron chi connectivity index (χ2n) is 5.75. The molecule has 0 bridgehead atoms. The van der Waals surface area contributed by atoms with Gasteiger partial charge in [-0.05, 0) is 49.9 Å². The molecule has 0 saturated carbocycles. The van der Waals surface area contributed by atoms with Gasteiger partial charge in [-0.2, -0.15) is 0 Å². The summed E-state index contributed by atoms with van der Waals surface area (Å²) in [6.45, 7) is 8.61. The van der Waals surface area contributed by atoms with Gasteiger partial charge in [0.1, 0.15) is 5.82 Å². The topological polar surface area (TPSA) is 32.7 Å². The molecular formula is C18H21FN2O. The standard InChI is InChI=1S/C18H21FN2O/c1-13(2)15(7-8-20-3)11-21-12-16(10-18(21)22)14-5-4-6-17(19)9-14/h4-9,16H,3,10-12H2,1-2H3/b8-7-. The predicted molar refractivity (Wildman–Crippen MR) is 87.4 cm³/mol. The van der Waals surface area contributed by atoms with Crippen LogP contribution in [0, 0.1) is 5.82 Å². The molecule has 1 aromatic rings. The Hall–Kier alpha value is -2.23. The summed E-state index contributed by atoms with van der Waals surface area (Å²) in [6, 6.07) is 6.52. The normalized spacial score (nSPS) is 18.0. The average molecular weight is 300 g/mol. The van der Waals surface area contributed by atoms with Gasteiger partial charge in [-0.25, -0.2) is 4.39 Å². The van der Waals surface area contributed by atoms with Crippen LogP contribution in [0.25, 0.3) is 0 Å². The molecule has 1 amide bonds. The van der Waals surface area contributed by atoms with Crippen LogP contribution in [0.1, 0.15) is 31.7 Å². The molecule has 1 fully saturated rings. The number of aliphatic imine (C=N–C) groups is 1. The van der Waals surface area contributed by atoms with E-state index in [1.54, 1.807) is 12.3 Å². The predicted octanol–water partition coefficient (Wildman–Crippen LogP) is 3.69. The van der Waals surface area contributed by atoms with Crippen LogP contribution in [0.15, 0.2) is 52.7 Å². The third kappa shape index (κ3) is 3.91. The lowest BCUT2D eigenvalue weighted by Gasteiger charge is -2.18. The number of nitrogens with zero attached hydrogens (tertiary/aromatic N) is 2. The number of carbonyl (C=O) groups is 1. The molecule has 1 aliphatic heterocycles. The lowest BCUT2D eigenvalue weighted by molar-refractivity contribution is -0.127. The molecule has 0 aliphatic carbocycles. The van der Waals surface area contributed by atoms with Crippen LogP contribution in [0.5, 0.6) is 0 Å². The highest BCUT2D eigenvalue weighted by molar-refractivity contribution is 5.80. The third-order valence-electron chi connectivity index (χ3n) is 3.92. The van der Waals surface area contributed by atoms with E-state index in [9.17, 15) is 9.18 Å². The largest absolute Gasteiger partial charge is 0.338 e. The van der Waals surface area contributed by atoms with E-state index in [0.717, 1.165) is 16.7 Å². The fraction of sp³-hybridized carbons (Fsp3) is 0.333. The lowest BCUT2D eigenvalue weighted by Crippen LogP contribution is -2.27. The van der Waals surface area contributed by atoms with Crippen molar-refractivity contribution >= 4 is 12.6 Å². The van der Waals surface area contributed by atoms with Crippen LogP contribution in [0.2, 0.25) is 0 Å². The summed E-state index contributed by atoms with van der Waals surface area (Å²) in [5.74, 6) is -0.0931. The molecular weight excluding hydrogens is 279 g/mol. The molecule has 0 aromatic heterocycles. The molecule has 1 aliphatic rings. The van der Waals surface area contributed by atoms with E-state index >= 15 is 0 Å². The number of carbonyl (C=O) groups excluding carboxylic acids is 1. The highest BCUT2D eigenvalue weighted by atomic mass is 19.1. The molecule has 1 heterocycles. The second-order valence-corrected chi connectivity index (χ2v) is 5.75. The first-order chi connectivity index (χ1) is 10.5. The second kappa shape index (κ2) is 7.16. The summed E-state index contributed by atoms with van der Waals surface area (Å²) >= 11 is 0. The molecule has 0 radical (unpaired) electrons. The Labute approximate surface area is 130 Å². The van der Waals surface area contributed by atoms with E-state index in [-0.39, 0.29) is 17.6 Å². The molecule has 22 heavy (non-hydrogen) atoms. The number of amides is 1. The molecule has 1 atom stereocenters. The van der Waals surface area contributed by atoms with Gasteiger partial charge >= 0.3 is 0 Å². The maximum absolute atomic E-state index is 13.3.